The van der Waals surface area contributed by atoms with Crippen LogP contribution in [0.1, 0.15) is 41.1 Å². The van der Waals surface area contributed by atoms with Crippen LogP contribution in [0.3, 0.4) is 0 Å². The molecular weight excluding hydrogens is 456 g/mol. The minimum absolute atomic E-state index is 0.310. The van der Waals surface area contributed by atoms with Gasteiger partial charge in [0.25, 0.3) is 0 Å². The highest BCUT2D eigenvalue weighted by Crippen LogP contribution is 2.30. The van der Waals surface area contributed by atoms with Crippen molar-refractivity contribution < 1.29 is 13.0 Å². The number of nitrogens with zero attached hydrogens (tertiary/aromatic N) is 2. The minimum atomic E-state index is -2.20. The summed E-state index contributed by atoms with van der Waals surface area (Å²) in [5.74, 6) is 6.43. The van der Waals surface area contributed by atoms with Crippen LogP contribution < -0.4 is 14.6 Å². The Morgan fingerprint density at radius 3 is 2.40 bits per heavy atom. The van der Waals surface area contributed by atoms with Crippen molar-refractivity contribution in [1.29, 1.82) is 0 Å². The van der Waals surface area contributed by atoms with E-state index >= 15 is 0 Å². The number of benzene rings is 2. The molecule has 1 aliphatic heterocycles. The number of hydrogen-bond acceptors (Lipinski definition) is 4. The number of aryl methyl sites for hydroxylation is 1. The lowest BCUT2D eigenvalue weighted by Gasteiger charge is -2.22. The molecule has 1 saturated heterocycles. The topological polar surface area (TPSA) is 65.3 Å². The van der Waals surface area contributed by atoms with E-state index in [1.165, 1.54) is 0 Å². The van der Waals surface area contributed by atoms with Gasteiger partial charge in [0.15, 0.2) is 12.4 Å². The summed E-state index contributed by atoms with van der Waals surface area (Å²) >= 11 is 0. The number of pyridine rings is 1. The van der Waals surface area contributed by atoms with Gasteiger partial charge in [0.1, 0.15) is 0 Å². The maximum Gasteiger partial charge on any atom is 0.323 e. The lowest BCUT2D eigenvalue weighted by molar-refractivity contribution is -0.510. The maximum atomic E-state index is 12.8. The zero-order chi connectivity index (χ0) is 25.0. The molecule has 0 unspecified atom stereocenters. The van der Waals surface area contributed by atoms with Crippen molar-refractivity contribution in [3.63, 3.8) is 0 Å². The molecule has 6 nitrogen and oxygen atoms in total. The summed E-state index contributed by atoms with van der Waals surface area (Å²) in [6.07, 6.45) is 9.57. The molecule has 182 valence electrons. The van der Waals surface area contributed by atoms with Crippen molar-refractivity contribution in [3.05, 3.63) is 89.2 Å². The van der Waals surface area contributed by atoms with Gasteiger partial charge in [-0.25, -0.2) is 4.79 Å². The van der Waals surface area contributed by atoms with Crippen LogP contribution in [0.25, 0.3) is 0 Å². The Morgan fingerprint density at radius 2 is 1.71 bits per heavy atom. The number of carbonyl (C=O) groups excluding carboxylic acids is 1. The summed E-state index contributed by atoms with van der Waals surface area (Å²) in [6.45, 7) is 3.06. The average molecular weight is 489 g/mol. The minimum Gasteiger partial charge on any atom is -0.386 e. The van der Waals surface area contributed by atoms with E-state index < -0.39 is 10.1 Å². The van der Waals surface area contributed by atoms with Gasteiger partial charge in [-0.1, -0.05) is 48.1 Å². The number of carbonyl (C=O) groups is 1. The first-order chi connectivity index (χ1) is 16.7. The van der Waals surface area contributed by atoms with E-state index in [1.807, 2.05) is 67.8 Å². The summed E-state index contributed by atoms with van der Waals surface area (Å²) in [4.78, 5) is 14.7. The van der Waals surface area contributed by atoms with Crippen molar-refractivity contribution in [1.82, 2.24) is 4.90 Å². The molecule has 2 amide bonds. The molecule has 0 aliphatic carbocycles. The van der Waals surface area contributed by atoms with Gasteiger partial charge in [0, 0.05) is 28.5 Å². The monoisotopic (exact) mass is 488 g/mol. The molecule has 3 aromatic rings. The largest absolute Gasteiger partial charge is 0.386 e. The molecule has 2 aromatic carbocycles. The first-order valence-corrected chi connectivity index (χ1v) is 14.0. The Balaban J connectivity index is 1.54. The number of anilines is 2. The lowest BCUT2D eigenvalue weighted by Crippen LogP contribution is -2.46. The summed E-state index contributed by atoms with van der Waals surface area (Å²) in [7, 11) is -0.0724. The van der Waals surface area contributed by atoms with Crippen molar-refractivity contribution in [2.45, 2.75) is 25.8 Å². The molecule has 1 fully saturated rings. The zero-order valence-corrected chi connectivity index (χ0v) is 21.5. The van der Waals surface area contributed by atoms with Gasteiger partial charge < -0.3 is 14.8 Å². The van der Waals surface area contributed by atoms with Gasteiger partial charge >= 0.3 is 6.03 Å². The van der Waals surface area contributed by atoms with E-state index in [4.69, 9.17) is 0 Å². The van der Waals surface area contributed by atoms with Gasteiger partial charge in [-0.2, -0.15) is 0 Å². The molecule has 0 spiro atoms. The quantitative estimate of drug-likeness (QED) is 0.320. The van der Waals surface area contributed by atoms with Gasteiger partial charge in [0.05, 0.1) is 5.56 Å². The van der Waals surface area contributed by atoms with Crippen LogP contribution in [0, 0.1) is 18.8 Å². The number of amides is 2. The highest BCUT2D eigenvalue weighted by atomic mass is 32.3. The fourth-order valence-corrected chi connectivity index (χ4v) is 4.90. The lowest BCUT2D eigenvalue weighted by atomic mass is 10.1. The van der Waals surface area contributed by atoms with Gasteiger partial charge in [0.2, 0.25) is 0 Å². The van der Waals surface area contributed by atoms with E-state index in [0.29, 0.717) is 11.7 Å². The molecule has 7 heteroatoms. The van der Waals surface area contributed by atoms with Crippen LogP contribution in [-0.4, -0.2) is 37.0 Å². The molecular formula is C28H32N4O2S. The summed E-state index contributed by atoms with van der Waals surface area (Å²) in [5.41, 5.74) is 5.25. The third-order valence-electron chi connectivity index (χ3n) is 6.06. The van der Waals surface area contributed by atoms with Crippen molar-refractivity contribution in [2.75, 3.05) is 36.7 Å². The highest BCUT2D eigenvalue weighted by molar-refractivity contribution is 7.95. The first-order valence-electron chi connectivity index (χ1n) is 11.7. The second-order valence-electron chi connectivity index (χ2n) is 9.31. The first kappa shape index (κ1) is 24.6. The fourth-order valence-electron chi connectivity index (χ4n) is 4.16. The molecule has 0 bridgehead atoms. The predicted molar refractivity (Wildman–Crippen MR) is 143 cm³/mol. The molecule has 4 rings (SSSR count). The fraction of sp³-hybridized carbons (Fsp3) is 0.286. The van der Waals surface area contributed by atoms with E-state index in [9.17, 15) is 9.00 Å². The third kappa shape index (κ3) is 6.56. The normalized spacial score (nSPS) is 16.3. The van der Waals surface area contributed by atoms with Gasteiger partial charge in [-0.05, 0) is 79.9 Å². The SMILES string of the molecule is Cc1ccc(NC(=O)Nc2cccc(C#Cc3cc([C@@H]4CCCN4C)c[n+]([S-](C)(C)=O)c3)c2)cc1. The predicted octanol–water partition coefficient (Wildman–Crippen LogP) is 4.62. The van der Waals surface area contributed by atoms with Crippen molar-refractivity contribution in [3.8, 4) is 11.8 Å². The van der Waals surface area contributed by atoms with Crippen LogP contribution >= 0.6 is 0 Å². The molecule has 0 radical (unpaired) electrons. The van der Waals surface area contributed by atoms with Gasteiger partial charge in [-0.3, -0.25) is 8.87 Å². The number of hydrogen-bond donors (Lipinski definition) is 2. The Kier molecular flexibility index (Phi) is 7.34. The standard InChI is InChI=1S/C28H32N4O2S/c1-21-10-14-25(15-11-21)29-28(33)30-26-8-5-7-22(18-26)12-13-23-17-24(27-9-6-16-31(27)2)20-32(19-23)35(3,4)34/h5,7-8,10-11,14-15,17-20,27H,6,9,16H2,1-4H3,(H2,29,30,33)/t27-/m0/s1. The summed E-state index contributed by atoms with van der Waals surface area (Å²) in [6, 6.07) is 17.2. The third-order valence-corrected chi connectivity index (χ3v) is 7.28. The van der Waals surface area contributed by atoms with Crippen molar-refractivity contribution in [2.24, 2.45) is 0 Å². The Hall–Kier alpha value is -3.47. The molecule has 1 aliphatic rings. The molecule has 2 heterocycles. The molecule has 1 atom stereocenters. The summed E-state index contributed by atoms with van der Waals surface area (Å²) in [5, 5.41) is 5.69. The smallest absolute Gasteiger partial charge is 0.323 e. The second kappa shape index (κ2) is 10.4. The van der Waals surface area contributed by atoms with Crippen LogP contribution in [0.4, 0.5) is 16.2 Å². The number of likely N-dealkylation sites (tertiary alicyclic amines) is 1. The number of rotatable bonds is 4. The van der Waals surface area contributed by atoms with Gasteiger partial charge in [-0.15, -0.1) is 0 Å². The van der Waals surface area contributed by atoms with Crippen LogP contribution in [0.5, 0.6) is 0 Å². The van der Waals surface area contributed by atoms with E-state index in [-0.39, 0.29) is 6.03 Å². The molecule has 35 heavy (non-hydrogen) atoms. The Morgan fingerprint density at radius 1 is 1.00 bits per heavy atom. The van der Waals surface area contributed by atoms with Crippen molar-refractivity contribution >= 4 is 27.5 Å². The van der Waals surface area contributed by atoms with Crippen LogP contribution in [0.2, 0.25) is 0 Å². The molecule has 0 saturated carbocycles. The highest BCUT2D eigenvalue weighted by Gasteiger charge is 2.25. The zero-order valence-electron chi connectivity index (χ0n) is 20.7. The Bertz CT molecular complexity index is 1340. The number of aromatic nitrogens is 1. The Labute approximate surface area is 208 Å². The summed E-state index contributed by atoms with van der Waals surface area (Å²) < 4.78 is 14.6. The van der Waals surface area contributed by atoms with E-state index in [1.54, 1.807) is 16.5 Å². The maximum absolute atomic E-state index is 12.8. The van der Waals surface area contributed by atoms with E-state index in [2.05, 4.69) is 40.5 Å². The van der Waals surface area contributed by atoms with Crippen LogP contribution in [0.15, 0.2) is 67.0 Å². The molecule has 1 aromatic heterocycles. The van der Waals surface area contributed by atoms with E-state index in [0.717, 1.165) is 47.3 Å². The second-order valence-corrected chi connectivity index (χ2v) is 12.1. The average Bonchev–Trinajstić information content (AvgIpc) is 3.24. The number of nitrogens with one attached hydrogen (secondary N) is 2. The number of urea groups is 1. The molecule has 2 N–H and O–H groups in total. The van der Waals surface area contributed by atoms with Crippen LogP contribution in [-0.2, 0) is 14.3 Å².